The maximum absolute atomic E-state index is 11.2. The quantitative estimate of drug-likeness (QED) is 0.291. The van der Waals surface area contributed by atoms with Gasteiger partial charge in [0.25, 0.3) is 0 Å². The fourth-order valence-electron chi connectivity index (χ4n) is 2.69. The molecule has 0 aliphatic heterocycles. The highest BCUT2D eigenvalue weighted by atomic mass is 16.5. The minimum atomic E-state index is -1.10. The fraction of sp³-hybridized carbons (Fsp3) is 0.105. The van der Waals surface area contributed by atoms with Gasteiger partial charge in [-0.15, -0.1) is 0 Å². The van der Waals surface area contributed by atoms with E-state index >= 15 is 0 Å². The lowest BCUT2D eigenvalue weighted by atomic mass is 10.1. The van der Waals surface area contributed by atoms with Gasteiger partial charge in [0.1, 0.15) is 17.4 Å². The molecule has 0 saturated heterocycles. The highest BCUT2D eigenvalue weighted by Crippen LogP contribution is 2.33. The van der Waals surface area contributed by atoms with Crippen LogP contribution in [0.25, 0.3) is 22.2 Å². The molecule has 1 atom stereocenters. The molecule has 27 heavy (non-hydrogen) atoms. The second kappa shape index (κ2) is 6.83. The van der Waals surface area contributed by atoms with Crippen LogP contribution in [0.1, 0.15) is 18.1 Å². The van der Waals surface area contributed by atoms with E-state index in [9.17, 15) is 4.79 Å². The van der Waals surface area contributed by atoms with E-state index in [1.165, 1.54) is 6.92 Å². The van der Waals surface area contributed by atoms with Crippen molar-refractivity contribution in [3.63, 3.8) is 0 Å². The van der Waals surface area contributed by atoms with Crippen molar-refractivity contribution >= 4 is 28.5 Å². The van der Waals surface area contributed by atoms with Gasteiger partial charge in [0.15, 0.2) is 6.10 Å². The topological polar surface area (TPSA) is 162 Å². The highest BCUT2D eigenvalue weighted by molar-refractivity contribution is 6.00. The van der Waals surface area contributed by atoms with Crippen LogP contribution in [-0.4, -0.2) is 33.8 Å². The van der Waals surface area contributed by atoms with E-state index in [0.29, 0.717) is 28.1 Å². The Labute approximate surface area is 154 Å². The molecular formula is C19H19N5O3. The minimum absolute atomic E-state index is 0.0295. The molecule has 0 radical (unpaired) electrons. The van der Waals surface area contributed by atoms with Crippen LogP contribution in [0.4, 0.5) is 0 Å². The number of benzene rings is 2. The molecule has 1 unspecified atom stereocenters. The number of rotatable bonds is 6. The average molecular weight is 365 g/mol. The third-order valence-corrected chi connectivity index (χ3v) is 4.17. The normalized spacial score (nSPS) is 11.9. The molecule has 2 aromatic carbocycles. The van der Waals surface area contributed by atoms with Crippen LogP contribution < -0.4 is 16.2 Å². The first-order valence-corrected chi connectivity index (χ1v) is 8.11. The Hall–Kier alpha value is -3.81. The number of H-pyrrole nitrogens is 1. The molecule has 1 heterocycles. The van der Waals surface area contributed by atoms with E-state index in [-0.39, 0.29) is 11.7 Å². The van der Waals surface area contributed by atoms with Crippen molar-refractivity contribution in [2.24, 2.45) is 11.5 Å². The zero-order valence-corrected chi connectivity index (χ0v) is 14.5. The molecule has 0 fully saturated rings. The van der Waals surface area contributed by atoms with Gasteiger partial charge in [-0.25, -0.2) is 4.79 Å². The molecular weight excluding hydrogens is 346 g/mol. The summed E-state index contributed by atoms with van der Waals surface area (Å²) in [6, 6.07) is 12.2. The van der Waals surface area contributed by atoms with Gasteiger partial charge < -0.3 is 26.3 Å². The Morgan fingerprint density at radius 3 is 2.33 bits per heavy atom. The monoisotopic (exact) mass is 365 g/mol. The van der Waals surface area contributed by atoms with E-state index in [1.807, 2.05) is 12.1 Å². The number of carboxylic acid groups (broad SMARTS) is 1. The Kier molecular flexibility index (Phi) is 4.55. The zero-order valence-electron chi connectivity index (χ0n) is 14.5. The van der Waals surface area contributed by atoms with Crippen LogP contribution in [0, 0.1) is 10.8 Å². The number of hydrogen-bond donors (Lipinski definition) is 6. The molecule has 0 spiro atoms. The largest absolute Gasteiger partial charge is 0.479 e. The minimum Gasteiger partial charge on any atom is -0.479 e. The van der Waals surface area contributed by atoms with Crippen LogP contribution in [0.3, 0.4) is 0 Å². The van der Waals surface area contributed by atoms with Gasteiger partial charge in [-0.3, -0.25) is 10.8 Å². The van der Waals surface area contributed by atoms with E-state index in [2.05, 4.69) is 4.98 Å². The number of aromatic nitrogens is 1. The van der Waals surface area contributed by atoms with E-state index in [4.69, 9.17) is 32.1 Å². The number of hydrogen-bond acceptors (Lipinski definition) is 4. The number of carbonyl (C=O) groups is 1. The fourth-order valence-corrected chi connectivity index (χ4v) is 2.69. The van der Waals surface area contributed by atoms with Crippen LogP contribution in [0.2, 0.25) is 0 Å². The molecule has 0 bridgehead atoms. The number of carboxylic acids is 1. The summed E-state index contributed by atoms with van der Waals surface area (Å²) in [6.45, 7) is 1.43. The molecule has 0 aliphatic carbocycles. The second-order valence-electron chi connectivity index (χ2n) is 6.12. The van der Waals surface area contributed by atoms with Crippen molar-refractivity contribution in [1.29, 1.82) is 10.8 Å². The SMILES string of the molecule is CC(Oc1cc(C(=N)N)ccc1-c1cc2ccc(C(=N)N)cc2[nH]1)C(=O)O. The predicted octanol–water partition coefficient (Wildman–Crippen LogP) is 2.25. The number of amidine groups is 2. The number of ether oxygens (including phenoxy) is 1. The third kappa shape index (κ3) is 3.59. The molecule has 0 saturated carbocycles. The van der Waals surface area contributed by atoms with Crippen molar-refractivity contribution in [2.75, 3.05) is 0 Å². The first-order valence-electron chi connectivity index (χ1n) is 8.11. The third-order valence-electron chi connectivity index (χ3n) is 4.17. The van der Waals surface area contributed by atoms with Crippen LogP contribution in [-0.2, 0) is 4.79 Å². The summed E-state index contributed by atoms with van der Waals surface area (Å²) < 4.78 is 5.58. The first-order chi connectivity index (χ1) is 12.8. The second-order valence-corrected chi connectivity index (χ2v) is 6.12. The van der Waals surface area contributed by atoms with Crippen molar-refractivity contribution in [3.05, 3.63) is 53.6 Å². The molecule has 3 rings (SSSR count). The highest BCUT2D eigenvalue weighted by Gasteiger charge is 2.18. The first kappa shape index (κ1) is 18.0. The Morgan fingerprint density at radius 2 is 1.70 bits per heavy atom. The molecule has 0 amide bonds. The number of aliphatic carboxylic acids is 1. The summed E-state index contributed by atoms with van der Waals surface area (Å²) in [6.07, 6.45) is -1.07. The zero-order chi connectivity index (χ0) is 19.7. The van der Waals surface area contributed by atoms with E-state index in [0.717, 1.165) is 10.9 Å². The van der Waals surface area contributed by atoms with Crippen molar-refractivity contribution in [2.45, 2.75) is 13.0 Å². The number of nitrogen functional groups attached to an aromatic ring is 2. The molecule has 8 N–H and O–H groups in total. The lowest BCUT2D eigenvalue weighted by molar-refractivity contribution is -0.144. The Balaban J connectivity index is 2.11. The summed E-state index contributed by atoms with van der Waals surface area (Å²) in [4.78, 5) is 14.4. The maximum atomic E-state index is 11.2. The molecule has 8 nitrogen and oxygen atoms in total. The van der Waals surface area contributed by atoms with Gasteiger partial charge in [-0.1, -0.05) is 18.2 Å². The molecule has 0 aliphatic rings. The number of aromatic amines is 1. The van der Waals surface area contributed by atoms with Crippen molar-refractivity contribution in [1.82, 2.24) is 4.98 Å². The standard InChI is InChI=1S/C19H19N5O3/c1-9(19(25)26)27-16-8-12(18(22)23)4-5-13(16)15-6-10-2-3-11(17(20)21)7-14(10)24-15/h2-9,24H,1H3,(H3,20,21)(H3,22,23)(H,25,26). The summed E-state index contributed by atoms with van der Waals surface area (Å²) in [5, 5.41) is 25.2. The van der Waals surface area contributed by atoms with Crippen LogP contribution in [0.15, 0.2) is 42.5 Å². The van der Waals surface area contributed by atoms with Gasteiger partial charge in [0, 0.05) is 27.6 Å². The molecule has 3 aromatic rings. The smallest absolute Gasteiger partial charge is 0.344 e. The summed E-state index contributed by atoms with van der Waals surface area (Å²) in [7, 11) is 0. The molecule has 138 valence electrons. The van der Waals surface area contributed by atoms with Gasteiger partial charge in [-0.2, -0.15) is 0 Å². The average Bonchev–Trinajstić information content (AvgIpc) is 3.04. The predicted molar refractivity (Wildman–Crippen MR) is 103 cm³/mol. The maximum Gasteiger partial charge on any atom is 0.344 e. The number of nitrogens with two attached hydrogens (primary N) is 2. The number of fused-ring (bicyclic) bond motifs is 1. The van der Waals surface area contributed by atoms with Crippen molar-refractivity contribution < 1.29 is 14.6 Å². The van der Waals surface area contributed by atoms with Crippen molar-refractivity contribution in [3.8, 4) is 17.0 Å². The van der Waals surface area contributed by atoms with Gasteiger partial charge in [0.05, 0.1) is 5.69 Å². The Morgan fingerprint density at radius 1 is 1.07 bits per heavy atom. The Bertz CT molecular complexity index is 1070. The van der Waals surface area contributed by atoms with Gasteiger partial charge in [-0.05, 0) is 31.2 Å². The van der Waals surface area contributed by atoms with Gasteiger partial charge >= 0.3 is 5.97 Å². The molecule has 8 heteroatoms. The molecule has 1 aromatic heterocycles. The number of nitrogens with one attached hydrogen (secondary N) is 3. The summed E-state index contributed by atoms with van der Waals surface area (Å²) >= 11 is 0. The van der Waals surface area contributed by atoms with E-state index in [1.54, 1.807) is 30.3 Å². The van der Waals surface area contributed by atoms with Crippen LogP contribution >= 0.6 is 0 Å². The van der Waals surface area contributed by atoms with Crippen LogP contribution in [0.5, 0.6) is 5.75 Å². The summed E-state index contributed by atoms with van der Waals surface area (Å²) in [5.41, 5.74) is 14.2. The van der Waals surface area contributed by atoms with Gasteiger partial charge in [0.2, 0.25) is 0 Å². The lowest BCUT2D eigenvalue weighted by Crippen LogP contribution is -2.23. The summed E-state index contributed by atoms with van der Waals surface area (Å²) in [5.74, 6) is -0.969. The lowest BCUT2D eigenvalue weighted by Gasteiger charge is -2.15. The van der Waals surface area contributed by atoms with E-state index < -0.39 is 12.1 Å².